The average Bonchev–Trinajstić information content (AvgIpc) is 2.76. The van der Waals surface area contributed by atoms with Crippen molar-refractivity contribution in [1.29, 1.82) is 0 Å². The van der Waals surface area contributed by atoms with Crippen molar-refractivity contribution in [3.05, 3.63) is 69.8 Å². The van der Waals surface area contributed by atoms with Crippen LogP contribution in [0.5, 0.6) is 23.0 Å². The Morgan fingerprint density at radius 3 is 1.18 bits per heavy atom. The van der Waals surface area contributed by atoms with E-state index < -0.39 is 123 Å². The van der Waals surface area contributed by atoms with Crippen LogP contribution in [0.3, 0.4) is 0 Å². The highest BCUT2D eigenvalue weighted by Crippen LogP contribution is 2.50. The lowest BCUT2D eigenvalue weighted by atomic mass is 10.1. The maximum Gasteiger partial charge on any atom is 0.422 e. The quantitative estimate of drug-likeness (QED) is 0.232. The summed E-state index contributed by atoms with van der Waals surface area (Å²) in [5, 5.41) is 0. The van der Waals surface area contributed by atoms with Crippen LogP contribution in [0, 0.1) is 34.9 Å². The smallest absolute Gasteiger partial charge is 0.422 e. The molecule has 40 heavy (non-hydrogen) atoms. The molecule has 0 atom stereocenters. The zero-order valence-electron chi connectivity index (χ0n) is 18.4. The van der Waals surface area contributed by atoms with Crippen molar-refractivity contribution in [3.8, 4) is 23.0 Å². The first-order valence-corrected chi connectivity index (χ1v) is 9.71. The van der Waals surface area contributed by atoms with Crippen LogP contribution in [0.15, 0.2) is 18.2 Å². The molecule has 0 spiro atoms. The van der Waals surface area contributed by atoms with E-state index in [1.807, 2.05) is 0 Å². The van der Waals surface area contributed by atoms with Crippen LogP contribution in [0.25, 0.3) is 0 Å². The molecule has 0 aliphatic rings. The Hall–Kier alpha value is -4.19. The zero-order chi connectivity index (χ0) is 30.7. The zero-order valence-corrected chi connectivity index (χ0v) is 18.4. The fourth-order valence-corrected chi connectivity index (χ4v) is 3.23. The Morgan fingerprint density at radius 2 is 0.800 bits per heavy atom. The lowest BCUT2D eigenvalue weighted by molar-refractivity contribution is -0.141. The summed E-state index contributed by atoms with van der Waals surface area (Å²) >= 11 is 0. The van der Waals surface area contributed by atoms with Gasteiger partial charge in [-0.2, -0.15) is 43.9 Å². The van der Waals surface area contributed by atoms with E-state index in [-0.39, 0.29) is 0 Å². The van der Waals surface area contributed by atoms with E-state index in [0.29, 0.717) is 0 Å². The molecule has 0 saturated heterocycles. The standard InChI is InChI=1S/C21H7F15N2O2/c22-4-1-9(39-7-2-5(23)13(25)16(37)11(7)20(31,32)33)15(27)18(10(4)19(28,29)30)40-8-3-6(24)14(26)17(38)12(8)21(34,35)36/h1-3H,37-38H2. The van der Waals surface area contributed by atoms with Gasteiger partial charge in [-0.3, -0.25) is 0 Å². The third-order valence-electron chi connectivity index (χ3n) is 4.86. The molecule has 0 fully saturated rings. The van der Waals surface area contributed by atoms with Gasteiger partial charge in [0.05, 0.1) is 11.4 Å². The highest BCUT2D eigenvalue weighted by molar-refractivity contribution is 5.61. The van der Waals surface area contributed by atoms with Gasteiger partial charge in [0.1, 0.15) is 34.0 Å². The molecule has 19 heteroatoms. The molecule has 0 aliphatic heterocycles. The molecular weight excluding hydrogens is 597 g/mol. The molecule has 0 heterocycles. The van der Waals surface area contributed by atoms with Gasteiger partial charge in [-0.05, 0) is 0 Å². The van der Waals surface area contributed by atoms with Gasteiger partial charge < -0.3 is 20.9 Å². The van der Waals surface area contributed by atoms with Gasteiger partial charge in [0, 0.05) is 18.2 Å². The van der Waals surface area contributed by atoms with Gasteiger partial charge in [0.2, 0.25) is 5.82 Å². The largest absolute Gasteiger partial charge is 0.453 e. The maximum absolute atomic E-state index is 15.2. The molecule has 3 aromatic rings. The third-order valence-corrected chi connectivity index (χ3v) is 4.86. The molecular formula is C21H7F15N2O2. The van der Waals surface area contributed by atoms with Gasteiger partial charge in [0.25, 0.3) is 0 Å². The van der Waals surface area contributed by atoms with Crippen LogP contribution in [0.4, 0.5) is 77.2 Å². The topological polar surface area (TPSA) is 70.5 Å². The summed E-state index contributed by atoms with van der Waals surface area (Å²) in [4.78, 5) is 0. The molecule has 218 valence electrons. The average molecular weight is 604 g/mol. The number of alkyl halides is 9. The van der Waals surface area contributed by atoms with Crippen LogP contribution in [0.1, 0.15) is 16.7 Å². The Morgan fingerprint density at radius 1 is 0.450 bits per heavy atom. The molecule has 4 nitrogen and oxygen atoms in total. The lowest BCUT2D eigenvalue weighted by Gasteiger charge is -2.21. The lowest BCUT2D eigenvalue weighted by Crippen LogP contribution is -2.16. The number of hydrogen-bond acceptors (Lipinski definition) is 4. The second-order valence-corrected chi connectivity index (χ2v) is 7.49. The van der Waals surface area contributed by atoms with Crippen molar-refractivity contribution in [2.24, 2.45) is 0 Å². The van der Waals surface area contributed by atoms with E-state index in [0.717, 1.165) is 0 Å². The monoisotopic (exact) mass is 604 g/mol. The molecule has 0 bridgehead atoms. The number of hydrogen-bond donors (Lipinski definition) is 2. The molecule has 0 radical (unpaired) electrons. The van der Waals surface area contributed by atoms with E-state index in [1.54, 1.807) is 0 Å². The van der Waals surface area contributed by atoms with Crippen molar-refractivity contribution in [1.82, 2.24) is 0 Å². The van der Waals surface area contributed by atoms with Crippen molar-refractivity contribution in [2.75, 3.05) is 11.5 Å². The van der Waals surface area contributed by atoms with Crippen molar-refractivity contribution in [3.63, 3.8) is 0 Å². The summed E-state index contributed by atoms with van der Waals surface area (Å²) < 4.78 is 214. The van der Waals surface area contributed by atoms with Crippen LogP contribution >= 0.6 is 0 Å². The molecule has 3 rings (SSSR count). The first-order chi connectivity index (χ1) is 18.1. The number of nitrogens with two attached hydrogens (primary N) is 2. The predicted octanol–water partition coefficient (Wildman–Crippen LogP) is 8.33. The van der Waals surface area contributed by atoms with Crippen molar-refractivity contribution < 1.29 is 75.3 Å². The van der Waals surface area contributed by atoms with Crippen LogP contribution in [-0.2, 0) is 18.5 Å². The first-order valence-electron chi connectivity index (χ1n) is 9.71. The summed E-state index contributed by atoms with van der Waals surface area (Å²) in [5.74, 6) is -23.0. The summed E-state index contributed by atoms with van der Waals surface area (Å²) in [6.07, 6.45) is -17.5. The fourth-order valence-electron chi connectivity index (χ4n) is 3.23. The van der Waals surface area contributed by atoms with Gasteiger partial charge in [-0.25, -0.2) is 22.0 Å². The minimum absolute atomic E-state index is 0.401. The number of ether oxygens (including phenoxy) is 2. The molecule has 0 unspecified atom stereocenters. The summed E-state index contributed by atoms with van der Waals surface area (Å²) in [6.45, 7) is 0. The summed E-state index contributed by atoms with van der Waals surface area (Å²) in [5.41, 5.74) is -2.01. The maximum atomic E-state index is 15.2. The Kier molecular flexibility index (Phi) is 7.42. The number of rotatable bonds is 4. The van der Waals surface area contributed by atoms with E-state index in [1.165, 1.54) is 0 Å². The molecule has 0 aromatic heterocycles. The van der Waals surface area contributed by atoms with Crippen molar-refractivity contribution >= 4 is 11.4 Å². The van der Waals surface area contributed by atoms with Crippen molar-refractivity contribution in [2.45, 2.75) is 18.5 Å². The van der Waals surface area contributed by atoms with Gasteiger partial charge in [-0.1, -0.05) is 0 Å². The Labute approximate surface area is 210 Å². The van der Waals surface area contributed by atoms with Crippen LogP contribution < -0.4 is 20.9 Å². The second-order valence-electron chi connectivity index (χ2n) is 7.49. The van der Waals surface area contributed by atoms with E-state index in [4.69, 9.17) is 11.5 Å². The molecule has 4 N–H and O–H groups in total. The minimum atomic E-state index is -6.01. The summed E-state index contributed by atoms with van der Waals surface area (Å²) in [6, 6.07) is -1.49. The number of halogens is 15. The molecule has 0 aliphatic carbocycles. The van der Waals surface area contributed by atoms with Crippen LogP contribution in [0.2, 0.25) is 0 Å². The molecule has 0 saturated carbocycles. The highest BCUT2D eigenvalue weighted by Gasteiger charge is 2.45. The van der Waals surface area contributed by atoms with E-state index in [9.17, 15) is 61.5 Å². The predicted molar refractivity (Wildman–Crippen MR) is 103 cm³/mol. The fraction of sp³-hybridized carbons (Fsp3) is 0.143. The third kappa shape index (κ3) is 5.44. The normalized spacial score (nSPS) is 12.6. The molecule has 3 aromatic carbocycles. The Balaban J connectivity index is 2.34. The van der Waals surface area contributed by atoms with Gasteiger partial charge in [0.15, 0.2) is 34.8 Å². The number of anilines is 2. The Bertz CT molecular complexity index is 1490. The highest BCUT2D eigenvalue weighted by atomic mass is 19.4. The number of benzene rings is 3. The van der Waals surface area contributed by atoms with Gasteiger partial charge in [-0.15, -0.1) is 0 Å². The van der Waals surface area contributed by atoms with Gasteiger partial charge >= 0.3 is 18.5 Å². The first kappa shape index (κ1) is 30.4. The van der Waals surface area contributed by atoms with Crippen LogP contribution in [-0.4, -0.2) is 0 Å². The summed E-state index contributed by atoms with van der Waals surface area (Å²) in [7, 11) is 0. The second kappa shape index (κ2) is 9.77. The molecule has 0 amide bonds. The van der Waals surface area contributed by atoms with E-state index in [2.05, 4.69) is 9.47 Å². The minimum Gasteiger partial charge on any atom is -0.453 e. The number of nitrogen functional groups attached to an aromatic ring is 2. The van der Waals surface area contributed by atoms with E-state index >= 15 is 4.39 Å². The SMILES string of the molecule is Nc1c(F)c(F)cc(Oc2cc(F)c(C(F)(F)F)c(Oc3cc(F)c(F)c(N)c3C(F)(F)F)c2F)c1C(F)(F)F.